The van der Waals surface area contributed by atoms with Crippen molar-refractivity contribution in [2.24, 2.45) is 0 Å². The molecule has 0 aromatic heterocycles. The summed E-state index contributed by atoms with van der Waals surface area (Å²) in [6.45, 7) is 26.9. The Bertz CT molecular complexity index is 605. The minimum atomic E-state index is -0.370. The monoisotopic (exact) mass is 1070 g/mol. The van der Waals surface area contributed by atoms with Crippen molar-refractivity contribution < 1.29 is 27.8 Å². The Morgan fingerprint density at radius 1 is 0.500 bits per heavy atom. The van der Waals surface area contributed by atoms with E-state index >= 15 is 0 Å². The molecule has 0 radical (unpaired) electrons. The highest BCUT2D eigenvalue weighted by Gasteiger charge is 2.21. The molecule has 0 heterocycles. The van der Waals surface area contributed by atoms with E-state index in [1.165, 1.54) is 18.8 Å². The Morgan fingerprint density at radius 3 is 0.900 bits per heavy atom. The van der Waals surface area contributed by atoms with E-state index < -0.39 is 0 Å². The van der Waals surface area contributed by atoms with Crippen LogP contribution >= 0.6 is 11.8 Å². The summed E-state index contributed by atoms with van der Waals surface area (Å²) < 4.78 is 9.22. The van der Waals surface area contributed by atoms with Gasteiger partial charge >= 0.3 is 0 Å². The summed E-state index contributed by atoms with van der Waals surface area (Å²) in [6.07, 6.45) is 1.66. The van der Waals surface area contributed by atoms with E-state index in [2.05, 4.69) is 172 Å². The van der Waals surface area contributed by atoms with E-state index in [1.54, 1.807) is 0 Å². The van der Waals surface area contributed by atoms with E-state index in [-0.39, 0.29) is 161 Å². The number of likely N-dealkylation sites (N-methyl/N-ethyl adjacent to an activating group) is 1. The summed E-state index contributed by atoms with van der Waals surface area (Å²) in [6, 6.07) is 0. The van der Waals surface area contributed by atoms with Crippen molar-refractivity contribution in [1.29, 1.82) is 0 Å². The van der Waals surface area contributed by atoms with Crippen LogP contribution in [0.3, 0.4) is 0 Å². The number of hydrogen-bond acceptors (Lipinski definition) is 8. The summed E-state index contributed by atoms with van der Waals surface area (Å²) in [5.74, 6) is 1.24. The number of aliphatic hydroxyl groups is 1. The zero-order valence-electron chi connectivity index (χ0n) is 39.4. The highest BCUT2D eigenvalue weighted by molar-refractivity contribution is 7.98. The lowest BCUT2D eigenvalue weighted by molar-refractivity contribution is -0.897. The van der Waals surface area contributed by atoms with Gasteiger partial charge in [-0.05, 0) is 88.0 Å². The Morgan fingerprint density at radius 2 is 0.800 bits per heavy atom. The number of nitrogens with one attached hydrogen (secondary N) is 3. The van der Waals surface area contributed by atoms with Crippen LogP contribution in [0.25, 0.3) is 0 Å². The molecule has 70 heavy (non-hydrogen) atoms. The Kier molecular flexibility index (Phi) is 304. The van der Waals surface area contributed by atoms with Gasteiger partial charge in [0.25, 0.3) is 0 Å². The van der Waals surface area contributed by atoms with Crippen LogP contribution in [0.4, 0.5) is 0 Å². The number of quaternary nitrogens is 4. The molecule has 0 rings (SSSR count). The maximum Gasteiger partial charge on any atom is 0.134 e. The number of ether oxygens (including phenoxy) is 1. The first-order valence-electron chi connectivity index (χ1n) is 19.0. The van der Waals surface area contributed by atoms with Crippen LogP contribution < -0.4 is 16.0 Å². The van der Waals surface area contributed by atoms with Crippen LogP contribution in [0, 0.1) is 0 Å². The summed E-state index contributed by atoms with van der Waals surface area (Å²) in [7, 11) is 34.0. The Labute approximate surface area is 470 Å². The molecule has 0 aliphatic heterocycles. The van der Waals surface area contributed by atoms with Gasteiger partial charge in [0.15, 0.2) is 0 Å². The third-order valence-corrected chi connectivity index (χ3v) is 7.15. The molecule has 0 aliphatic rings. The molecule has 0 aliphatic carbocycles. The van der Waals surface area contributed by atoms with Gasteiger partial charge in [-0.25, -0.2) is 0 Å². The molecule has 0 bridgehead atoms. The van der Waals surface area contributed by atoms with Gasteiger partial charge in [0, 0.05) is 19.8 Å². The van der Waals surface area contributed by atoms with Gasteiger partial charge in [-0.15, -0.1) is 0 Å². The van der Waals surface area contributed by atoms with Crippen molar-refractivity contribution >= 4 is 11.8 Å². The summed E-state index contributed by atoms with van der Waals surface area (Å²) in [5, 5.41) is 18.6. The van der Waals surface area contributed by atoms with Crippen molar-refractivity contribution in [2.45, 2.75) is 216 Å². The molecule has 4 N–H and O–H groups in total. The van der Waals surface area contributed by atoms with Crippen molar-refractivity contribution in [3.05, 3.63) is 0 Å². The third kappa shape index (κ3) is 249. The second-order valence-electron chi connectivity index (χ2n) is 16.3. The van der Waals surface area contributed by atoms with Crippen molar-refractivity contribution in [3.63, 3.8) is 0 Å². The van der Waals surface area contributed by atoms with Crippen molar-refractivity contribution in [2.75, 3.05) is 191 Å². The van der Waals surface area contributed by atoms with E-state index in [9.17, 15) is 5.11 Å². The molecular formula is C58H183N9O2S+4. The highest BCUT2D eigenvalue weighted by Crippen LogP contribution is 2.03. The maximum atomic E-state index is 9.64. The van der Waals surface area contributed by atoms with E-state index in [0.29, 0.717) is 6.61 Å². The Hall–Kier alpha value is -0.0900. The van der Waals surface area contributed by atoms with Gasteiger partial charge in [0.2, 0.25) is 0 Å². The molecule has 0 aromatic rings. The number of nitrogens with zero attached hydrogens (tertiary/aromatic N) is 6. The number of aliphatic hydroxyl groups excluding tert-OH is 1. The molecule has 474 valence electrons. The molecule has 11 nitrogen and oxygen atoms in total. The zero-order chi connectivity index (χ0) is 41.6. The SMILES string of the molecule is C.C.C.C.C.C.C.C.C.C.C.C.C.C.C.C.C.C.C.C.CCN(C)C[N+](C)(C)C.CCNC.CCNCNC.CCOC(C)C(O)C[N+](C)(C)C.CCSC.CC[N+](C)(C)C.CC[N+](C)(C)CN(C)C. The summed E-state index contributed by atoms with van der Waals surface area (Å²) >= 11 is 1.86. The Balaban J connectivity index is -0.0000000120. The maximum absolute atomic E-state index is 9.64. The number of rotatable bonds is 17. The molecule has 2 atom stereocenters. The van der Waals surface area contributed by atoms with Gasteiger partial charge in [-0.3, -0.25) is 9.80 Å². The summed E-state index contributed by atoms with van der Waals surface area (Å²) in [4.78, 5) is 4.52. The van der Waals surface area contributed by atoms with E-state index in [4.69, 9.17) is 4.74 Å². The second-order valence-corrected chi connectivity index (χ2v) is 17.5. The molecule has 0 fully saturated rings. The van der Waals surface area contributed by atoms with Gasteiger partial charge in [-0.2, -0.15) is 11.8 Å². The van der Waals surface area contributed by atoms with Crippen molar-refractivity contribution in [3.8, 4) is 0 Å². The fourth-order valence-corrected chi connectivity index (χ4v) is 3.02. The predicted octanol–water partition coefficient (Wildman–Crippen LogP) is 16.5. The lowest BCUT2D eigenvalue weighted by Crippen LogP contribution is -2.45. The quantitative estimate of drug-likeness (QED) is 0.0653. The largest absolute Gasteiger partial charge is 0.385 e. The molecule has 0 saturated carbocycles. The molecular weight excluding hydrogens is 887 g/mol. The first-order valence-corrected chi connectivity index (χ1v) is 20.3. The number of hydrogen-bond donors (Lipinski definition) is 4. The molecule has 0 spiro atoms. The first kappa shape index (κ1) is 180. The van der Waals surface area contributed by atoms with E-state index in [1.807, 2.05) is 39.7 Å². The zero-order valence-corrected chi connectivity index (χ0v) is 40.2. The van der Waals surface area contributed by atoms with Crippen LogP contribution in [-0.2, 0) is 4.74 Å². The molecule has 12 heteroatoms. The van der Waals surface area contributed by atoms with Gasteiger partial charge in [0.05, 0.1) is 96.7 Å². The molecule has 0 saturated heterocycles. The highest BCUT2D eigenvalue weighted by atomic mass is 32.2. The van der Waals surface area contributed by atoms with Gasteiger partial charge in [0.1, 0.15) is 26.0 Å². The first-order chi connectivity index (χ1) is 22.6. The van der Waals surface area contributed by atoms with E-state index in [0.717, 1.165) is 64.1 Å². The van der Waals surface area contributed by atoms with Crippen LogP contribution in [0.2, 0.25) is 0 Å². The lowest BCUT2D eigenvalue weighted by atomic mass is 10.2. The van der Waals surface area contributed by atoms with Crippen molar-refractivity contribution in [1.82, 2.24) is 25.8 Å². The molecule has 0 aromatic carbocycles. The van der Waals surface area contributed by atoms with Crippen LogP contribution in [-0.4, -0.2) is 236 Å². The molecule has 0 amide bonds. The average molecular weight is 1070 g/mol. The standard InChI is InChI=1S/C9H22NO2.2C7H19N2.C5H14N.C4H12N2.C3H9N.C3H8S.20CH4/c1-6-12-8(2)9(11)7-10(3,4)5;1-6-8(2)7-9(3,4)5;1-6-9(4,5)7-8(2)3;1-5-6(2,3)4;1-3-6-4-5-2;2*1-3-4-2;;;;;;;;;;;;;;;;;;;;/h8-9,11H,6-7H2,1-5H3;2*6-7H2,1-5H3;5H2,1-4H3;5-6H,3-4H2,1-2H3;4H,3H2,1-2H3;3H2,1-2H3;20*1H4/q4*+1;;;;;;;;;;;;;;;;;;;;;;;. The van der Waals surface area contributed by atoms with Gasteiger partial charge in [-0.1, -0.05) is 176 Å². The topological polar surface area (TPSA) is 72.0 Å². The van der Waals surface area contributed by atoms with Crippen LogP contribution in [0.1, 0.15) is 204 Å². The molecule has 2 unspecified atom stereocenters. The average Bonchev–Trinajstić information content (AvgIpc) is 2.99. The van der Waals surface area contributed by atoms with Crippen LogP contribution in [0.5, 0.6) is 0 Å². The minimum Gasteiger partial charge on any atom is -0.385 e. The summed E-state index contributed by atoms with van der Waals surface area (Å²) in [5.41, 5.74) is 0. The fourth-order valence-electron chi connectivity index (χ4n) is 3.02. The second kappa shape index (κ2) is 118. The van der Waals surface area contributed by atoms with Gasteiger partial charge < -0.3 is 43.7 Å². The predicted molar refractivity (Wildman–Crippen MR) is 367 cm³/mol. The lowest BCUT2D eigenvalue weighted by Gasteiger charge is -2.30. The smallest absolute Gasteiger partial charge is 0.134 e. The minimum absolute atomic E-state index is 0. The normalized spacial score (nSPS) is 8.91. The fraction of sp³-hybridized carbons (Fsp3) is 1.00. The van der Waals surface area contributed by atoms with Crippen LogP contribution in [0.15, 0.2) is 0 Å². The third-order valence-electron chi connectivity index (χ3n) is 6.58. The number of thioether (sulfide) groups is 1.